The van der Waals surface area contributed by atoms with Crippen LogP contribution >= 0.6 is 0 Å². The Kier molecular flexibility index (Phi) is 6.90. The molecule has 0 fully saturated rings. The van der Waals surface area contributed by atoms with Crippen molar-refractivity contribution in [1.82, 2.24) is 15.0 Å². The van der Waals surface area contributed by atoms with Gasteiger partial charge >= 0.3 is 0 Å². The highest BCUT2D eigenvalue weighted by Gasteiger charge is 2.16. The van der Waals surface area contributed by atoms with Gasteiger partial charge in [-0.3, -0.25) is 0 Å². The van der Waals surface area contributed by atoms with E-state index < -0.39 is 0 Å². The van der Waals surface area contributed by atoms with Crippen molar-refractivity contribution >= 4 is 16.7 Å². The van der Waals surface area contributed by atoms with Crippen LogP contribution in [0.3, 0.4) is 0 Å². The molecule has 166 valence electrons. The average molecular weight is 444 g/mol. The summed E-state index contributed by atoms with van der Waals surface area (Å²) in [6, 6.07) is 20.2. The van der Waals surface area contributed by atoms with Crippen LogP contribution in [0.2, 0.25) is 0 Å². The number of hydrogen-bond donors (Lipinski definition) is 1. The van der Waals surface area contributed by atoms with Gasteiger partial charge in [-0.25, -0.2) is 15.0 Å². The second-order valence-corrected chi connectivity index (χ2v) is 7.96. The van der Waals surface area contributed by atoms with Crippen LogP contribution in [0, 0.1) is 18.3 Å². The molecule has 0 unspecified atom stereocenters. The second-order valence-electron chi connectivity index (χ2n) is 7.96. The number of benzene rings is 2. The Morgan fingerprint density at radius 1 is 1.03 bits per heavy atom. The molecule has 34 heavy (non-hydrogen) atoms. The molecule has 0 bridgehead atoms. The first kappa shape index (κ1) is 22.6. The lowest BCUT2D eigenvalue weighted by molar-refractivity contribution is 1.14. The van der Waals surface area contributed by atoms with Gasteiger partial charge in [-0.1, -0.05) is 78.4 Å². The van der Waals surface area contributed by atoms with Crippen molar-refractivity contribution in [3.63, 3.8) is 0 Å². The molecule has 0 saturated heterocycles. The maximum Gasteiger partial charge on any atom is 0.165 e. The molecule has 0 radical (unpaired) electrons. The lowest BCUT2D eigenvalue weighted by Crippen LogP contribution is -2.08. The van der Waals surface area contributed by atoms with Crippen LogP contribution in [0.25, 0.3) is 33.4 Å². The summed E-state index contributed by atoms with van der Waals surface area (Å²) < 4.78 is 0. The normalized spacial score (nSPS) is 11.5. The number of pyridine rings is 1. The van der Waals surface area contributed by atoms with Gasteiger partial charge in [0.2, 0.25) is 0 Å². The molecule has 1 N–H and O–H groups in total. The number of nitrogens with one attached hydrogen (secondary N) is 1. The molecule has 4 aromatic rings. The van der Waals surface area contributed by atoms with Gasteiger partial charge < -0.3 is 5.32 Å². The van der Waals surface area contributed by atoms with E-state index in [0.29, 0.717) is 29.4 Å². The molecule has 0 aliphatic heterocycles. The lowest BCUT2D eigenvalue weighted by atomic mass is 9.99. The minimum atomic E-state index is 0.299. The number of nitriles is 1. The summed E-state index contributed by atoms with van der Waals surface area (Å²) in [5, 5.41) is 14.0. The van der Waals surface area contributed by atoms with E-state index >= 15 is 0 Å². The number of anilines is 1. The summed E-state index contributed by atoms with van der Waals surface area (Å²) in [6.07, 6.45) is 9.23. The van der Waals surface area contributed by atoms with Gasteiger partial charge in [-0.05, 0) is 43.2 Å². The Labute approximate surface area is 199 Å². The van der Waals surface area contributed by atoms with Gasteiger partial charge in [-0.2, -0.15) is 5.26 Å². The van der Waals surface area contributed by atoms with Crippen molar-refractivity contribution in [2.75, 3.05) is 11.9 Å². The summed E-state index contributed by atoms with van der Waals surface area (Å²) in [5.74, 6) is 1.18. The number of hydrogen-bond acceptors (Lipinski definition) is 5. The number of nitrogens with zero attached hydrogens (tertiary/aromatic N) is 4. The zero-order chi connectivity index (χ0) is 23.9. The minimum absolute atomic E-state index is 0.299. The highest BCUT2D eigenvalue weighted by molar-refractivity contribution is 6.02. The van der Waals surface area contributed by atoms with E-state index in [9.17, 15) is 5.26 Å². The fraction of sp³-hybridized carbons (Fsp3) is 0.103. The van der Waals surface area contributed by atoms with Crippen LogP contribution in [0.15, 0.2) is 97.3 Å². The molecule has 4 rings (SSSR count). The molecule has 0 spiro atoms. The van der Waals surface area contributed by atoms with Crippen molar-refractivity contribution < 1.29 is 0 Å². The van der Waals surface area contributed by atoms with Crippen molar-refractivity contribution in [2.45, 2.75) is 13.8 Å². The van der Waals surface area contributed by atoms with Crippen molar-refractivity contribution in [3.8, 4) is 28.6 Å². The standard InChI is InChI=1S/C29H25N5/c1-4-5-6-9-21(3)19-32-29-27-23(22-15-13-20(2)14-16-22)10-7-12-25(27)33-28(34-29)24-11-8-17-31-26(24)18-30/h4-17H,1,19H2,2-3H3,(H,32,33,34)/b6-5-,21-9+. The zero-order valence-electron chi connectivity index (χ0n) is 19.3. The molecule has 0 atom stereocenters. The zero-order valence-corrected chi connectivity index (χ0v) is 19.3. The number of aromatic nitrogens is 3. The van der Waals surface area contributed by atoms with E-state index in [-0.39, 0.29) is 0 Å². The van der Waals surface area contributed by atoms with Gasteiger partial charge in [0.1, 0.15) is 11.9 Å². The first-order chi connectivity index (χ1) is 16.6. The summed E-state index contributed by atoms with van der Waals surface area (Å²) in [6.45, 7) is 8.44. The third kappa shape index (κ3) is 4.92. The number of allylic oxidation sites excluding steroid dienone is 4. The highest BCUT2D eigenvalue weighted by Crippen LogP contribution is 2.34. The van der Waals surface area contributed by atoms with Crippen molar-refractivity contribution in [1.29, 1.82) is 5.26 Å². The van der Waals surface area contributed by atoms with E-state index in [2.05, 4.69) is 67.1 Å². The third-order valence-corrected chi connectivity index (χ3v) is 5.40. The first-order valence-corrected chi connectivity index (χ1v) is 11.0. The molecule has 0 aliphatic carbocycles. The first-order valence-electron chi connectivity index (χ1n) is 11.0. The Morgan fingerprint density at radius 3 is 2.59 bits per heavy atom. The largest absolute Gasteiger partial charge is 0.366 e. The van der Waals surface area contributed by atoms with E-state index in [0.717, 1.165) is 27.6 Å². The van der Waals surface area contributed by atoms with Gasteiger partial charge in [-0.15, -0.1) is 0 Å². The van der Waals surface area contributed by atoms with Crippen molar-refractivity contribution in [3.05, 3.63) is 109 Å². The van der Waals surface area contributed by atoms with Crippen molar-refractivity contribution in [2.24, 2.45) is 0 Å². The molecule has 0 amide bonds. The van der Waals surface area contributed by atoms with Gasteiger partial charge in [0, 0.05) is 12.7 Å². The van der Waals surface area contributed by atoms with Crippen LogP contribution in [0.4, 0.5) is 5.82 Å². The Morgan fingerprint density at radius 2 is 1.82 bits per heavy atom. The molecule has 5 heteroatoms. The monoisotopic (exact) mass is 443 g/mol. The maximum absolute atomic E-state index is 9.55. The van der Waals surface area contributed by atoms with Crippen LogP contribution < -0.4 is 5.32 Å². The molecule has 2 heterocycles. The topological polar surface area (TPSA) is 74.5 Å². The smallest absolute Gasteiger partial charge is 0.165 e. The summed E-state index contributed by atoms with van der Waals surface area (Å²) in [5.41, 5.74) is 6.19. The summed E-state index contributed by atoms with van der Waals surface area (Å²) >= 11 is 0. The molecule has 2 aromatic heterocycles. The quantitative estimate of drug-likeness (QED) is 0.324. The number of rotatable bonds is 7. The second kappa shape index (κ2) is 10.4. The minimum Gasteiger partial charge on any atom is -0.366 e. The van der Waals surface area contributed by atoms with Crippen LogP contribution in [-0.4, -0.2) is 21.5 Å². The molecule has 0 saturated carbocycles. The Hall–Kier alpha value is -4.56. The molecule has 5 nitrogen and oxygen atoms in total. The molecular weight excluding hydrogens is 418 g/mol. The van der Waals surface area contributed by atoms with E-state index in [1.54, 1.807) is 18.3 Å². The van der Waals surface area contributed by atoms with E-state index in [1.165, 1.54) is 5.56 Å². The maximum atomic E-state index is 9.55. The van der Waals surface area contributed by atoms with E-state index in [1.807, 2.05) is 36.4 Å². The number of aryl methyl sites for hydroxylation is 1. The lowest BCUT2D eigenvalue weighted by Gasteiger charge is -2.15. The highest BCUT2D eigenvalue weighted by atomic mass is 15.0. The predicted octanol–water partition coefficient (Wildman–Crippen LogP) is 6.64. The molecule has 0 aliphatic rings. The molecular formula is C29H25N5. The van der Waals surface area contributed by atoms with Gasteiger partial charge in [0.25, 0.3) is 0 Å². The Bertz CT molecular complexity index is 1440. The van der Waals surface area contributed by atoms with Crippen LogP contribution in [0.5, 0.6) is 0 Å². The summed E-state index contributed by atoms with van der Waals surface area (Å²) in [4.78, 5) is 13.9. The fourth-order valence-corrected chi connectivity index (χ4v) is 3.66. The van der Waals surface area contributed by atoms with Crippen LogP contribution in [-0.2, 0) is 0 Å². The SMILES string of the molecule is C=C/C=C\C=C(/C)CNc1nc(-c2cccnc2C#N)nc2cccc(-c3ccc(C)cc3)c12. The van der Waals surface area contributed by atoms with Gasteiger partial charge in [0.05, 0.1) is 16.5 Å². The Balaban J connectivity index is 1.89. The van der Waals surface area contributed by atoms with Gasteiger partial charge in [0.15, 0.2) is 11.5 Å². The number of fused-ring (bicyclic) bond motifs is 1. The fourth-order valence-electron chi connectivity index (χ4n) is 3.66. The van der Waals surface area contributed by atoms with E-state index in [4.69, 9.17) is 9.97 Å². The summed E-state index contributed by atoms with van der Waals surface area (Å²) in [7, 11) is 0. The van der Waals surface area contributed by atoms with Crippen LogP contribution in [0.1, 0.15) is 18.2 Å². The third-order valence-electron chi connectivity index (χ3n) is 5.40. The average Bonchev–Trinajstić information content (AvgIpc) is 2.87. The predicted molar refractivity (Wildman–Crippen MR) is 139 cm³/mol. The molecule has 2 aromatic carbocycles.